The van der Waals surface area contributed by atoms with E-state index in [9.17, 15) is 4.79 Å². The predicted molar refractivity (Wildman–Crippen MR) is 107 cm³/mol. The number of carbonyl (C=O) groups is 1. The molecule has 1 amide bonds. The molecule has 2 saturated heterocycles. The molecule has 0 unspecified atom stereocenters. The van der Waals surface area contributed by atoms with Gasteiger partial charge in [-0.3, -0.25) is 14.7 Å². The summed E-state index contributed by atoms with van der Waals surface area (Å²) in [7, 11) is 0. The second-order valence-corrected chi connectivity index (χ2v) is 7.52. The SMILES string of the molecule is O=C(c1ccccc1[C@@H]1CCNC1)N1CCN(CCc2ccncc2)CC1. The summed E-state index contributed by atoms with van der Waals surface area (Å²) in [4.78, 5) is 21.7. The third-order valence-corrected chi connectivity index (χ3v) is 5.82. The van der Waals surface area contributed by atoms with E-state index in [0.717, 1.165) is 64.2 Å². The maximum Gasteiger partial charge on any atom is 0.254 e. The quantitative estimate of drug-likeness (QED) is 0.883. The zero-order chi connectivity index (χ0) is 18.5. The Hall–Kier alpha value is -2.24. The van der Waals surface area contributed by atoms with E-state index >= 15 is 0 Å². The van der Waals surface area contributed by atoms with E-state index in [0.29, 0.717) is 5.92 Å². The van der Waals surface area contributed by atoms with Gasteiger partial charge < -0.3 is 10.2 Å². The molecule has 1 aromatic carbocycles. The van der Waals surface area contributed by atoms with Crippen molar-refractivity contribution in [3.63, 3.8) is 0 Å². The van der Waals surface area contributed by atoms with Crippen molar-refractivity contribution in [3.05, 3.63) is 65.5 Å². The van der Waals surface area contributed by atoms with Crippen LogP contribution < -0.4 is 5.32 Å². The Balaban J connectivity index is 1.34. The number of nitrogens with one attached hydrogen (secondary N) is 1. The fourth-order valence-electron chi connectivity index (χ4n) is 4.15. The number of hydrogen-bond donors (Lipinski definition) is 1. The molecule has 5 heteroatoms. The van der Waals surface area contributed by atoms with Crippen LogP contribution in [0.1, 0.15) is 33.8 Å². The molecule has 1 aromatic heterocycles. The molecule has 27 heavy (non-hydrogen) atoms. The Morgan fingerprint density at radius 1 is 1.07 bits per heavy atom. The molecule has 2 fully saturated rings. The Morgan fingerprint density at radius 3 is 2.59 bits per heavy atom. The highest BCUT2D eigenvalue weighted by molar-refractivity contribution is 5.96. The van der Waals surface area contributed by atoms with Crippen molar-refractivity contribution < 1.29 is 4.79 Å². The highest BCUT2D eigenvalue weighted by Gasteiger charge is 2.26. The molecular weight excluding hydrogens is 336 g/mol. The average Bonchev–Trinajstić information content (AvgIpc) is 3.28. The van der Waals surface area contributed by atoms with Crippen LogP contribution in [0, 0.1) is 0 Å². The summed E-state index contributed by atoms with van der Waals surface area (Å²) in [6.45, 7) is 6.58. The number of carbonyl (C=O) groups excluding carboxylic acids is 1. The van der Waals surface area contributed by atoms with Crippen LogP contribution in [0.4, 0.5) is 0 Å². The van der Waals surface area contributed by atoms with Gasteiger partial charge in [-0.15, -0.1) is 0 Å². The largest absolute Gasteiger partial charge is 0.336 e. The van der Waals surface area contributed by atoms with Crippen LogP contribution in [0.5, 0.6) is 0 Å². The number of amides is 1. The van der Waals surface area contributed by atoms with Gasteiger partial charge in [-0.2, -0.15) is 0 Å². The summed E-state index contributed by atoms with van der Waals surface area (Å²) in [5.41, 5.74) is 3.44. The van der Waals surface area contributed by atoms with Crippen molar-refractivity contribution in [1.82, 2.24) is 20.1 Å². The van der Waals surface area contributed by atoms with Crippen molar-refractivity contribution in [2.45, 2.75) is 18.8 Å². The molecular formula is C22H28N4O. The van der Waals surface area contributed by atoms with Crippen LogP contribution in [0.3, 0.4) is 0 Å². The van der Waals surface area contributed by atoms with Crippen LogP contribution in [0.2, 0.25) is 0 Å². The third-order valence-electron chi connectivity index (χ3n) is 5.82. The average molecular weight is 364 g/mol. The van der Waals surface area contributed by atoms with Gasteiger partial charge in [0.2, 0.25) is 0 Å². The van der Waals surface area contributed by atoms with Gasteiger partial charge in [0.05, 0.1) is 0 Å². The number of piperazine rings is 1. The molecule has 3 heterocycles. The summed E-state index contributed by atoms with van der Waals surface area (Å²) in [5.74, 6) is 0.665. The summed E-state index contributed by atoms with van der Waals surface area (Å²) in [6, 6.07) is 12.3. The number of benzene rings is 1. The molecule has 1 atom stereocenters. The van der Waals surface area contributed by atoms with E-state index in [2.05, 4.69) is 39.5 Å². The van der Waals surface area contributed by atoms with E-state index < -0.39 is 0 Å². The molecule has 2 aromatic rings. The minimum atomic E-state index is 0.200. The van der Waals surface area contributed by atoms with Crippen molar-refractivity contribution in [3.8, 4) is 0 Å². The second-order valence-electron chi connectivity index (χ2n) is 7.52. The predicted octanol–water partition coefficient (Wildman–Crippen LogP) is 2.16. The summed E-state index contributed by atoms with van der Waals surface area (Å²) in [5, 5.41) is 3.41. The minimum Gasteiger partial charge on any atom is -0.336 e. The van der Waals surface area contributed by atoms with Gasteiger partial charge in [0.25, 0.3) is 5.91 Å². The van der Waals surface area contributed by atoms with Crippen LogP contribution in [-0.2, 0) is 6.42 Å². The van der Waals surface area contributed by atoms with E-state index in [-0.39, 0.29) is 5.91 Å². The van der Waals surface area contributed by atoms with E-state index in [1.165, 1.54) is 11.1 Å². The zero-order valence-corrected chi connectivity index (χ0v) is 15.8. The highest BCUT2D eigenvalue weighted by atomic mass is 16.2. The molecule has 0 saturated carbocycles. The van der Waals surface area contributed by atoms with Crippen molar-refractivity contribution in [1.29, 1.82) is 0 Å². The van der Waals surface area contributed by atoms with Gasteiger partial charge >= 0.3 is 0 Å². The first kappa shape index (κ1) is 18.1. The maximum absolute atomic E-state index is 13.1. The number of aromatic nitrogens is 1. The Labute approximate surface area is 161 Å². The summed E-state index contributed by atoms with van der Waals surface area (Å²) < 4.78 is 0. The third kappa shape index (κ3) is 4.37. The summed E-state index contributed by atoms with van der Waals surface area (Å²) in [6.07, 6.45) is 5.85. The Kier molecular flexibility index (Phi) is 5.80. The maximum atomic E-state index is 13.1. The fourth-order valence-corrected chi connectivity index (χ4v) is 4.15. The molecule has 0 radical (unpaired) electrons. The fraction of sp³-hybridized carbons (Fsp3) is 0.455. The van der Waals surface area contributed by atoms with Gasteiger partial charge in [0.15, 0.2) is 0 Å². The minimum absolute atomic E-state index is 0.200. The molecule has 2 aliphatic heterocycles. The van der Waals surface area contributed by atoms with Crippen LogP contribution >= 0.6 is 0 Å². The van der Waals surface area contributed by atoms with E-state index in [4.69, 9.17) is 0 Å². The van der Waals surface area contributed by atoms with Crippen LogP contribution in [0.25, 0.3) is 0 Å². The molecule has 0 bridgehead atoms. The Bertz CT molecular complexity index is 750. The number of rotatable bonds is 5. The zero-order valence-electron chi connectivity index (χ0n) is 15.8. The lowest BCUT2D eigenvalue weighted by Gasteiger charge is -2.35. The van der Waals surface area contributed by atoms with Crippen molar-refractivity contribution in [2.75, 3.05) is 45.8 Å². The van der Waals surface area contributed by atoms with Gasteiger partial charge in [-0.25, -0.2) is 0 Å². The van der Waals surface area contributed by atoms with Gasteiger partial charge in [-0.1, -0.05) is 18.2 Å². The lowest BCUT2D eigenvalue weighted by Crippen LogP contribution is -2.49. The molecule has 4 rings (SSSR count). The number of hydrogen-bond acceptors (Lipinski definition) is 4. The smallest absolute Gasteiger partial charge is 0.254 e. The second kappa shape index (κ2) is 8.63. The van der Waals surface area contributed by atoms with Crippen LogP contribution in [0.15, 0.2) is 48.8 Å². The van der Waals surface area contributed by atoms with Crippen molar-refractivity contribution in [2.24, 2.45) is 0 Å². The first-order valence-corrected chi connectivity index (χ1v) is 10.0. The van der Waals surface area contributed by atoms with Crippen LogP contribution in [-0.4, -0.2) is 66.5 Å². The monoisotopic (exact) mass is 364 g/mol. The molecule has 0 spiro atoms. The first-order chi connectivity index (χ1) is 13.3. The molecule has 1 N–H and O–H groups in total. The standard InChI is InChI=1S/C22H28N4O/c27-22(21-4-2-1-3-20(21)19-7-11-24-17-19)26-15-13-25(14-16-26)12-8-18-5-9-23-10-6-18/h1-6,9-10,19,24H,7-8,11-17H2/t19-/m1/s1. The summed E-state index contributed by atoms with van der Waals surface area (Å²) >= 11 is 0. The topological polar surface area (TPSA) is 48.5 Å². The lowest BCUT2D eigenvalue weighted by molar-refractivity contribution is 0.0637. The van der Waals surface area contributed by atoms with Gasteiger partial charge in [0.1, 0.15) is 0 Å². The molecule has 5 nitrogen and oxygen atoms in total. The molecule has 2 aliphatic rings. The molecule has 142 valence electrons. The van der Waals surface area contributed by atoms with E-state index in [1.807, 2.05) is 29.4 Å². The number of nitrogens with zero attached hydrogens (tertiary/aromatic N) is 3. The lowest BCUT2D eigenvalue weighted by atomic mass is 9.93. The van der Waals surface area contributed by atoms with Crippen molar-refractivity contribution >= 4 is 5.91 Å². The van der Waals surface area contributed by atoms with Gasteiger partial charge in [-0.05, 0) is 54.6 Å². The Morgan fingerprint density at radius 2 is 1.85 bits per heavy atom. The van der Waals surface area contributed by atoms with Gasteiger partial charge in [0, 0.05) is 57.2 Å². The normalized spacial score (nSPS) is 20.7. The van der Waals surface area contributed by atoms with E-state index in [1.54, 1.807) is 0 Å². The molecule has 0 aliphatic carbocycles. The highest BCUT2D eigenvalue weighted by Crippen LogP contribution is 2.26. The first-order valence-electron chi connectivity index (χ1n) is 10.0. The number of pyridine rings is 1.